The molecule has 0 amide bonds. The quantitative estimate of drug-likeness (QED) is 0.0941. The Balaban J connectivity index is 3.03. The van der Waals surface area contributed by atoms with Gasteiger partial charge in [0, 0.05) is 6.61 Å². The third-order valence-corrected chi connectivity index (χ3v) is 5.15. The predicted octanol–water partition coefficient (Wildman–Crippen LogP) is 0.851. The minimum Gasteiger partial charge on any atom is -0.394 e. The molecule has 0 saturated carbocycles. The van der Waals surface area contributed by atoms with E-state index in [0.717, 1.165) is 6.61 Å². The predicted molar refractivity (Wildman–Crippen MR) is 163 cm³/mol. The Morgan fingerprint density at radius 1 is 0.273 bits per heavy atom. The van der Waals surface area contributed by atoms with Crippen LogP contribution in [0.25, 0.3) is 0 Å². The molecule has 0 bridgehead atoms. The van der Waals surface area contributed by atoms with E-state index in [4.69, 9.17) is 66.7 Å². The average Bonchev–Trinajstić information content (AvgIpc) is 3.02. The van der Waals surface area contributed by atoms with Gasteiger partial charge < -0.3 is 66.7 Å². The normalized spacial score (nSPS) is 11.7. The summed E-state index contributed by atoms with van der Waals surface area (Å²) in [5.74, 6) is 0.545. The molecule has 14 nitrogen and oxygen atoms in total. The summed E-state index contributed by atoms with van der Waals surface area (Å²) < 4.78 is 70.4. The SMILES string of the molecule is CC(C)COCCOCCOCCOCCOCCOCCOCCOCCOCCOCCOCCOCCOCCO. The van der Waals surface area contributed by atoms with E-state index < -0.39 is 0 Å². The van der Waals surface area contributed by atoms with E-state index in [0.29, 0.717) is 171 Å². The van der Waals surface area contributed by atoms with Crippen LogP contribution in [0.4, 0.5) is 0 Å². The molecule has 0 rings (SSSR count). The first-order chi connectivity index (χ1) is 21.8. The maximum absolute atomic E-state index is 8.57. The van der Waals surface area contributed by atoms with E-state index in [1.165, 1.54) is 0 Å². The Kier molecular flexibility index (Phi) is 39.9. The lowest BCUT2D eigenvalue weighted by atomic mass is 10.2. The van der Waals surface area contributed by atoms with Gasteiger partial charge in [-0.3, -0.25) is 0 Å². The Bertz CT molecular complexity index is 504. The number of aliphatic hydroxyl groups excluding tert-OH is 1. The highest BCUT2D eigenvalue weighted by Crippen LogP contribution is 1.92. The smallest absolute Gasteiger partial charge is 0.0701 e. The second-order valence-corrected chi connectivity index (χ2v) is 9.54. The number of hydrogen-bond acceptors (Lipinski definition) is 14. The van der Waals surface area contributed by atoms with Crippen molar-refractivity contribution in [1.82, 2.24) is 0 Å². The summed E-state index contributed by atoms with van der Waals surface area (Å²) in [5, 5.41) is 8.57. The molecule has 0 aliphatic carbocycles. The van der Waals surface area contributed by atoms with Gasteiger partial charge in [0.15, 0.2) is 0 Å². The zero-order valence-corrected chi connectivity index (χ0v) is 27.4. The Morgan fingerprint density at radius 2 is 0.432 bits per heavy atom. The van der Waals surface area contributed by atoms with Gasteiger partial charge in [-0.2, -0.15) is 0 Å². The zero-order chi connectivity index (χ0) is 31.9. The van der Waals surface area contributed by atoms with Crippen molar-refractivity contribution in [2.24, 2.45) is 5.92 Å². The van der Waals surface area contributed by atoms with Crippen LogP contribution in [-0.2, 0) is 61.6 Å². The van der Waals surface area contributed by atoms with Crippen molar-refractivity contribution in [2.45, 2.75) is 13.8 Å². The topological polar surface area (TPSA) is 140 Å². The van der Waals surface area contributed by atoms with Gasteiger partial charge >= 0.3 is 0 Å². The number of hydrogen-bond donors (Lipinski definition) is 1. The van der Waals surface area contributed by atoms with E-state index >= 15 is 0 Å². The maximum atomic E-state index is 8.57. The van der Waals surface area contributed by atoms with Crippen LogP contribution < -0.4 is 0 Å². The lowest BCUT2D eigenvalue weighted by Crippen LogP contribution is -2.15. The summed E-state index contributed by atoms with van der Waals surface area (Å²) in [6.45, 7) is 17.9. The van der Waals surface area contributed by atoms with Crippen molar-refractivity contribution in [1.29, 1.82) is 0 Å². The summed E-state index contributed by atoms with van der Waals surface area (Å²) >= 11 is 0. The lowest BCUT2D eigenvalue weighted by molar-refractivity contribution is -0.0293. The Morgan fingerprint density at radius 3 is 0.591 bits per heavy atom. The molecular weight excluding hydrogens is 584 g/mol. The molecule has 0 aliphatic heterocycles. The van der Waals surface area contributed by atoms with E-state index in [-0.39, 0.29) is 6.61 Å². The van der Waals surface area contributed by atoms with Crippen LogP contribution in [0.3, 0.4) is 0 Å². The standard InChI is InChI=1S/C30H62O14/c1-30(2)29-44-28-27-43-26-25-42-24-23-41-22-21-40-20-19-39-18-17-38-16-15-37-14-13-36-12-11-35-10-9-34-8-7-33-6-5-32-4-3-31/h30-31H,3-29H2,1-2H3. The van der Waals surface area contributed by atoms with E-state index in [1.807, 2.05) is 0 Å². The molecule has 1 N–H and O–H groups in total. The monoisotopic (exact) mass is 646 g/mol. The maximum Gasteiger partial charge on any atom is 0.0701 e. The molecule has 14 heteroatoms. The van der Waals surface area contributed by atoms with Gasteiger partial charge in [-0.05, 0) is 5.92 Å². The average molecular weight is 647 g/mol. The van der Waals surface area contributed by atoms with Crippen LogP contribution in [0.5, 0.6) is 0 Å². The van der Waals surface area contributed by atoms with E-state index in [1.54, 1.807) is 0 Å². The molecule has 266 valence electrons. The van der Waals surface area contributed by atoms with Crippen molar-refractivity contribution in [2.75, 3.05) is 178 Å². The Hall–Kier alpha value is -0.560. The lowest BCUT2D eigenvalue weighted by Gasteiger charge is -2.09. The third-order valence-electron chi connectivity index (χ3n) is 5.15. The Labute approximate surface area is 265 Å². The number of rotatable bonds is 40. The first-order valence-corrected chi connectivity index (χ1v) is 15.9. The van der Waals surface area contributed by atoms with Crippen molar-refractivity contribution in [3.8, 4) is 0 Å². The van der Waals surface area contributed by atoms with Crippen LogP contribution >= 0.6 is 0 Å². The third kappa shape index (κ3) is 41.4. The molecule has 0 spiro atoms. The summed E-state index contributed by atoms with van der Waals surface area (Å²) in [4.78, 5) is 0. The molecule has 0 radical (unpaired) electrons. The van der Waals surface area contributed by atoms with Gasteiger partial charge in [0.25, 0.3) is 0 Å². The van der Waals surface area contributed by atoms with Crippen molar-refractivity contribution >= 4 is 0 Å². The van der Waals surface area contributed by atoms with Crippen molar-refractivity contribution < 1.29 is 66.7 Å². The summed E-state index contributed by atoms with van der Waals surface area (Å²) in [7, 11) is 0. The van der Waals surface area contributed by atoms with Gasteiger partial charge in [0.1, 0.15) is 0 Å². The zero-order valence-electron chi connectivity index (χ0n) is 27.4. The molecule has 0 atom stereocenters. The van der Waals surface area contributed by atoms with E-state index in [9.17, 15) is 0 Å². The minimum atomic E-state index is 0.0254. The van der Waals surface area contributed by atoms with Gasteiger partial charge in [-0.15, -0.1) is 0 Å². The van der Waals surface area contributed by atoms with Crippen LogP contribution in [0.15, 0.2) is 0 Å². The molecule has 0 saturated heterocycles. The summed E-state index contributed by atoms with van der Waals surface area (Å²) in [6.07, 6.45) is 0. The van der Waals surface area contributed by atoms with Crippen molar-refractivity contribution in [3.05, 3.63) is 0 Å². The summed E-state index contributed by atoms with van der Waals surface area (Å²) in [6, 6.07) is 0. The molecule has 0 unspecified atom stereocenters. The molecule has 44 heavy (non-hydrogen) atoms. The largest absolute Gasteiger partial charge is 0.394 e. The molecular formula is C30H62O14. The molecule has 0 aromatic rings. The second-order valence-electron chi connectivity index (χ2n) is 9.54. The molecule has 0 aliphatic rings. The van der Waals surface area contributed by atoms with Crippen LogP contribution in [0, 0.1) is 5.92 Å². The van der Waals surface area contributed by atoms with Gasteiger partial charge in [-0.25, -0.2) is 0 Å². The fourth-order valence-electron chi connectivity index (χ4n) is 3.02. The highest BCUT2D eigenvalue weighted by atomic mass is 16.6. The molecule has 0 aromatic heterocycles. The van der Waals surface area contributed by atoms with Gasteiger partial charge in [-0.1, -0.05) is 13.8 Å². The first kappa shape index (κ1) is 43.4. The van der Waals surface area contributed by atoms with Crippen LogP contribution in [0.1, 0.15) is 13.8 Å². The molecule has 0 heterocycles. The van der Waals surface area contributed by atoms with Gasteiger partial charge in [0.05, 0.1) is 172 Å². The van der Waals surface area contributed by atoms with E-state index in [2.05, 4.69) is 13.8 Å². The summed E-state index contributed by atoms with van der Waals surface area (Å²) in [5.41, 5.74) is 0. The number of aliphatic hydroxyl groups is 1. The van der Waals surface area contributed by atoms with Crippen LogP contribution in [-0.4, -0.2) is 183 Å². The van der Waals surface area contributed by atoms with Gasteiger partial charge in [0.2, 0.25) is 0 Å². The second kappa shape index (κ2) is 40.5. The molecule has 0 fully saturated rings. The number of ether oxygens (including phenoxy) is 13. The fraction of sp³-hybridized carbons (Fsp3) is 1.00. The first-order valence-electron chi connectivity index (χ1n) is 15.9. The van der Waals surface area contributed by atoms with Crippen molar-refractivity contribution in [3.63, 3.8) is 0 Å². The van der Waals surface area contributed by atoms with Crippen LogP contribution in [0.2, 0.25) is 0 Å². The minimum absolute atomic E-state index is 0.0254. The molecule has 0 aromatic carbocycles. The fourth-order valence-corrected chi connectivity index (χ4v) is 3.02. The highest BCUT2D eigenvalue weighted by Gasteiger charge is 1.97. The highest BCUT2D eigenvalue weighted by molar-refractivity contribution is 4.41.